The predicted octanol–water partition coefficient (Wildman–Crippen LogP) is 4.32. The monoisotopic (exact) mass is 609 g/mol. The molecule has 10 nitrogen and oxygen atoms in total. The average molecular weight is 610 g/mol. The van der Waals surface area contributed by atoms with E-state index in [1.54, 1.807) is 25.3 Å². The minimum atomic E-state index is -0.603. The van der Waals surface area contributed by atoms with Gasteiger partial charge in [0.05, 0.1) is 41.2 Å². The van der Waals surface area contributed by atoms with Crippen LogP contribution in [0.15, 0.2) is 65.6 Å². The van der Waals surface area contributed by atoms with Gasteiger partial charge in [0.25, 0.3) is 11.5 Å². The van der Waals surface area contributed by atoms with Gasteiger partial charge < -0.3 is 25.2 Å². The van der Waals surface area contributed by atoms with Crippen molar-refractivity contribution in [2.75, 3.05) is 25.6 Å². The lowest BCUT2D eigenvalue weighted by molar-refractivity contribution is -0.0281. The molecule has 4 aromatic rings. The molecule has 1 aliphatic rings. The lowest BCUT2D eigenvalue weighted by Gasteiger charge is -2.28. The Morgan fingerprint density at radius 3 is 2.60 bits per heavy atom. The summed E-state index contributed by atoms with van der Waals surface area (Å²) in [5.41, 5.74) is 3.07. The van der Waals surface area contributed by atoms with E-state index in [0.29, 0.717) is 65.2 Å². The molecule has 3 heterocycles. The van der Waals surface area contributed by atoms with Crippen LogP contribution in [0.25, 0.3) is 22.4 Å². The average Bonchev–Trinajstić information content (AvgIpc) is 2.99. The number of carbonyl (C=O) groups is 1. The van der Waals surface area contributed by atoms with Gasteiger partial charge in [-0.15, -0.1) is 0 Å². The zero-order valence-electron chi connectivity index (χ0n) is 22.9. The van der Waals surface area contributed by atoms with Crippen molar-refractivity contribution in [1.82, 2.24) is 20.1 Å². The molecule has 218 valence electrons. The highest BCUT2D eigenvalue weighted by Crippen LogP contribution is 2.41. The fraction of sp³-hybridized carbons (Fsp3) is 0.267. The quantitative estimate of drug-likeness (QED) is 0.269. The smallest absolute Gasteiger partial charge is 0.279 e. The van der Waals surface area contributed by atoms with E-state index in [0.717, 1.165) is 10.2 Å². The second-order valence-electron chi connectivity index (χ2n) is 9.75. The molecule has 2 atom stereocenters. The number of nitrogens with zero attached hydrogens (tertiary/aromatic N) is 3. The molecule has 3 N–H and O–H groups in total. The SMILES string of the molecule is COc1nc(-c2cccc(-c3cccc(NC(=O)c4ccnn(C)c4=O)c3Cl)c2Cl)ccc1CNC1CCOC[C@H]1O. The Bertz CT molecular complexity index is 1680. The number of amides is 1. The lowest BCUT2D eigenvalue weighted by Crippen LogP contribution is -2.46. The van der Waals surface area contributed by atoms with E-state index < -0.39 is 17.6 Å². The standard InChI is InChI=1S/C30H29Cl2N5O5/c1-37-30(40)21(11-13-34-37)28(39)35-24-8-4-6-19(27(24)32)18-5-3-7-20(26(18)31)22-10-9-17(29(36-22)41-2)15-33-23-12-14-42-16-25(23)38/h3-11,13,23,25,33,38H,12,14-16H2,1-2H3,(H,35,39)/t23?,25-/m1/s1. The molecule has 0 bridgehead atoms. The zero-order valence-corrected chi connectivity index (χ0v) is 24.4. The van der Waals surface area contributed by atoms with Gasteiger partial charge in [-0.05, 0) is 24.6 Å². The van der Waals surface area contributed by atoms with Crippen molar-refractivity contribution in [1.29, 1.82) is 0 Å². The van der Waals surface area contributed by atoms with Gasteiger partial charge in [0.15, 0.2) is 0 Å². The van der Waals surface area contributed by atoms with Crippen LogP contribution >= 0.6 is 23.2 Å². The molecular formula is C30H29Cl2N5O5. The number of hydrogen-bond acceptors (Lipinski definition) is 8. The Kier molecular flexibility index (Phi) is 9.20. The maximum atomic E-state index is 12.9. The van der Waals surface area contributed by atoms with E-state index in [-0.39, 0.29) is 16.6 Å². The summed E-state index contributed by atoms with van der Waals surface area (Å²) in [6.07, 6.45) is 1.52. The molecule has 0 spiro atoms. The van der Waals surface area contributed by atoms with E-state index in [4.69, 9.17) is 37.7 Å². The molecule has 12 heteroatoms. The first-order valence-corrected chi connectivity index (χ1v) is 14.0. The van der Waals surface area contributed by atoms with Crippen molar-refractivity contribution in [2.24, 2.45) is 7.05 Å². The molecule has 1 aliphatic heterocycles. The summed E-state index contributed by atoms with van der Waals surface area (Å²) in [6.45, 7) is 1.37. The summed E-state index contributed by atoms with van der Waals surface area (Å²) in [6, 6.07) is 15.7. The molecular weight excluding hydrogens is 581 g/mol. The van der Waals surface area contributed by atoms with Crippen LogP contribution < -0.4 is 20.9 Å². The molecule has 5 rings (SSSR count). The van der Waals surface area contributed by atoms with Crippen molar-refractivity contribution in [3.05, 3.63) is 92.3 Å². The lowest BCUT2D eigenvalue weighted by atomic mass is 10.00. The van der Waals surface area contributed by atoms with Crippen LogP contribution in [-0.4, -0.2) is 58.2 Å². The summed E-state index contributed by atoms with van der Waals surface area (Å²) in [5, 5.41) is 20.8. The van der Waals surface area contributed by atoms with Crippen LogP contribution in [0.4, 0.5) is 5.69 Å². The Labute approximate surface area is 252 Å². The number of aromatic nitrogens is 3. The number of anilines is 1. The minimum Gasteiger partial charge on any atom is -0.481 e. The number of aliphatic hydroxyl groups is 1. The third-order valence-electron chi connectivity index (χ3n) is 7.08. The maximum absolute atomic E-state index is 12.9. The second kappa shape index (κ2) is 13.0. The van der Waals surface area contributed by atoms with Crippen LogP contribution in [-0.2, 0) is 18.3 Å². The van der Waals surface area contributed by atoms with E-state index in [1.807, 2.05) is 30.3 Å². The molecule has 0 saturated carbocycles. The van der Waals surface area contributed by atoms with E-state index in [9.17, 15) is 14.7 Å². The number of benzene rings is 2. The van der Waals surface area contributed by atoms with Gasteiger partial charge in [-0.25, -0.2) is 9.67 Å². The van der Waals surface area contributed by atoms with E-state index in [1.165, 1.54) is 19.3 Å². The number of ether oxygens (including phenoxy) is 2. The van der Waals surface area contributed by atoms with Crippen LogP contribution in [0.2, 0.25) is 10.0 Å². The number of aliphatic hydroxyl groups excluding tert-OH is 1. The molecule has 1 saturated heterocycles. The Morgan fingerprint density at radius 1 is 1.10 bits per heavy atom. The number of carbonyl (C=O) groups excluding carboxylic acids is 1. The summed E-state index contributed by atoms with van der Waals surface area (Å²) in [5.74, 6) is -0.165. The number of pyridine rings is 1. The van der Waals surface area contributed by atoms with Crippen LogP contribution in [0.5, 0.6) is 5.88 Å². The first-order valence-electron chi connectivity index (χ1n) is 13.2. The number of halogens is 2. The van der Waals surface area contributed by atoms with Crippen molar-refractivity contribution in [2.45, 2.75) is 25.1 Å². The molecule has 0 aliphatic carbocycles. The fourth-order valence-corrected chi connectivity index (χ4v) is 5.37. The maximum Gasteiger partial charge on any atom is 0.279 e. The molecule has 2 aromatic heterocycles. The second-order valence-corrected chi connectivity index (χ2v) is 10.5. The highest BCUT2D eigenvalue weighted by atomic mass is 35.5. The fourth-order valence-electron chi connectivity index (χ4n) is 4.78. The molecule has 1 unspecified atom stereocenters. The third kappa shape index (κ3) is 6.18. The predicted molar refractivity (Wildman–Crippen MR) is 161 cm³/mol. The van der Waals surface area contributed by atoms with Crippen molar-refractivity contribution in [3.8, 4) is 28.3 Å². The number of rotatable bonds is 8. The number of hydrogen-bond donors (Lipinski definition) is 3. The first kappa shape index (κ1) is 29.7. The minimum absolute atomic E-state index is 0.0587. The molecule has 42 heavy (non-hydrogen) atoms. The van der Waals surface area contributed by atoms with E-state index in [2.05, 4.69) is 15.7 Å². The molecule has 2 aromatic carbocycles. The summed E-state index contributed by atoms with van der Waals surface area (Å²) in [7, 11) is 3.02. The first-order chi connectivity index (χ1) is 20.3. The van der Waals surface area contributed by atoms with Gasteiger partial charge in [0.1, 0.15) is 5.56 Å². The van der Waals surface area contributed by atoms with Gasteiger partial charge in [-0.2, -0.15) is 5.10 Å². The van der Waals surface area contributed by atoms with Crippen molar-refractivity contribution < 1.29 is 19.4 Å². The van der Waals surface area contributed by atoms with Gasteiger partial charge in [-0.1, -0.05) is 59.6 Å². The normalized spacial score (nSPS) is 16.7. The van der Waals surface area contributed by atoms with Gasteiger partial charge in [-0.3, -0.25) is 9.59 Å². The molecule has 1 fully saturated rings. The summed E-state index contributed by atoms with van der Waals surface area (Å²) < 4.78 is 12.0. The van der Waals surface area contributed by atoms with Crippen LogP contribution in [0.1, 0.15) is 22.3 Å². The number of nitrogens with one attached hydrogen (secondary N) is 2. The van der Waals surface area contributed by atoms with Gasteiger partial charge in [0.2, 0.25) is 5.88 Å². The zero-order chi connectivity index (χ0) is 29.8. The number of aryl methyl sites for hydroxylation is 1. The molecule has 1 amide bonds. The largest absolute Gasteiger partial charge is 0.481 e. The molecule has 0 radical (unpaired) electrons. The van der Waals surface area contributed by atoms with Crippen molar-refractivity contribution >= 4 is 34.8 Å². The van der Waals surface area contributed by atoms with Crippen LogP contribution in [0, 0.1) is 0 Å². The van der Waals surface area contributed by atoms with Gasteiger partial charge >= 0.3 is 0 Å². The van der Waals surface area contributed by atoms with E-state index >= 15 is 0 Å². The third-order valence-corrected chi connectivity index (χ3v) is 7.89. The van der Waals surface area contributed by atoms with Crippen molar-refractivity contribution in [3.63, 3.8) is 0 Å². The highest BCUT2D eigenvalue weighted by Gasteiger charge is 2.24. The summed E-state index contributed by atoms with van der Waals surface area (Å²) >= 11 is 13.7. The topological polar surface area (TPSA) is 128 Å². The number of methoxy groups -OCH3 is 1. The Hall–Kier alpha value is -3.80. The summed E-state index contributed by atoms with van der Waals surface area (Å²) in [4.78, 5) is 29.9. The van der Waals surface area contributed by atoms with Gasteiger partial charge in [0, 0.05) is 54.7 Å². The highest BCUT2D eigenvalue weighted by molar-refractivity contribution is 6.39. The Morgan fingerprint density at radius 2 is 1.83 bits per heavy atom. The van der Waals surface area contributed by atoms with Crippen LogP contribution in [0.3, 0.4) is 0 Å². The Balaban J connectivity index is 1.41.